The molecule has 4 nitrogen and oxygen atoms in total. The van der Waals surface area contributed by atoms with Gasteiger partial charge in [-0.25, -0.2) is 0 Å². The van der Waals surface area contributed by atoms with Gasteiger partial charge in [-0.05, 0) is 26.7 Å². The number of unbranched alkanes of at least 4 members (excludes halogenated alkanes) is 4. The predicted molar refractivity (Wildman–Crippen MR) is 84.0 cm³/mol. The topological polar surface area (TPSA) is 58.9 Å². The molecule has 0 aliphatic heterocycles. The van der Waals surface area contributed by atoms with Gasteiger partial charge in [0.2, 0.25) is 0 Å². The van der Waals surface area contributed by atoms with Gasteiger partial charge in [0.1, 0.15) is 0 Å². The van der Waals surface area contributed by atoms with E-state index in [1.165, 1.54) is 19.3 Å². The summed E-state index contributed by atoms with van der Waals surface area (Å²) in [6, 6.07) is 0. The molecule has 2 N–H and O–H groups in total. The Kier molecular flexibility index (Phi) is 20.8. The fraction of sp³-hybridized carbons (Fsp3) is 1.00. The lowest BCUT2D eigenvalue weighted by Crippen LogP contribution is -2.10. The number of rotatable bonds is 12. The molecule has 2 unspecified atom stereocenters. The first-order valence-electron chi connectivity index (χ1n) is 8.06. The predicted octanol–water partition coefficient (Wildman–Crippen LogP) is 3.15. The quantitative estimate of drug-likeness (QED) is 0.543. The molecule has 124 valence electrons. The van der Waals surface area contributed by atoms with Gasteiger partial charge in [0, 0.05) is 13.2 Å². The third-order valence-electron chi connectivity index (χ3n) is 2.50. The second-order valence-corrected chi connectivity index (χ2v) is 5.26. The van der Waals surface area contributed by atoms with Gasteiger partial charge in [-0.3, -0.25) is 0 Å². The number of hydrogen-bond acceptors (Lipinski definition) is 4. The Bertz CT molecular complexity index is 161. The molecule has 0 aliphatic carbocycles. The third kappa shape index (κ3) is 26.4. The molecule has 0 spiro atoms. The molecule has 0 aromatic carbocycles. The Hall–Kier alpha value is -0.160. The van der Waals surface area contributed by atoms with Gasteiger partial charge < -0.3 is 19.7 Å². The third-order valence-corrected chi connectivity index (χ3v) is 2.50. The van der Waals surface area contributed by atoms with Crippen LogP contribution >= 0.6 is 0 Å². The van der Waals surface area contributed by atoms with E-state index in [1.807, 2.05) is 0 Å². The van der Waals surface area contributed by atoms with Gasteiger partial charge in [-0.1, -0.05) is 39.5 Å². The Morgan fingerprint density at radius 2 is 1.15 bits per heavy atom. The van der Waals surface area contributed by atoms with Crippen LogP contribution in [0.1, 0.15) is 66.2 Å². The smallest absolute Gasteiger partial charge is 0.0745 e. The number of aliphatic hydroxyl groups is 2. The van der Waals surface area contributed by atoms with E-state index in [-0.39, 0.29) is 12.2 Å². The lowest BCUT2D eigenvalue weighted by atomic mass is 10.2. The average Bonchev–Trinajstić information content (AvgIpc) is 2.39. The molecule has 0 bridgehead atoms. The van der Waals surface area contributed by atoms with Crippen molar-refractivity contribution in [2.24, 2.45) is 0 Å². The maximum atomic E-state index is 8.83. The minimum atomic E-state index is -0.318. The minimum Gasteiger partial charge on any atom is -0.391 e. The van der Waals surface area contributed by atoms with Gasteiger partial charge >= 0.3 is 0 Å². The first kappa shape index (κ1) is 22.1. The summed E-state index contributed by atoms with van der Waals surface area (Å²) in [4.78, 5) is 0. The van der Waals surface area contributed by atoms with Gasteiger partial charge in [0.25, 0.3) is 0 Å². The van der Waals surface area contributed by atoms with Crippen LogP contribution < -0.4 is 0 Å². The van der Waals surface area contributed by atoms with Crippen molar-refractivity contribution >= 4 is 0 Å². The van der Waals surface area contributed by atoms with E-state index in [0.29, 0.717) is 13.2 Å². The minimum absolute atomic E-state index is 0.318. The van der Waals surface area contributed by atoms with Crippen LogP contribution in [0.5, 0.6) is 0 Å². The first-order chi connectivity index (χ1) is 9.54. The highest BCUT2D eigenvalue weighted by Crippen LogP contribution is 1.98. The summed E-state index contributed by atoms with van der Waals surface area (Å²) < 4.78 is 10.3. The molecule has 0 amide bonds. The van der Waals surface area contributed by atoms with Gasteiger partial charge in [-0.2, -0.15) is 0 Å². The summed E-state index contributed by atoms with van der Waals surface area (Å²) in [6.45, 7) is 10.3. The van der Waals surface area contributed by atoms with Gasteiger partial charge in [-0.15, -0.1) is 0 Å². The zero-order valence-corrected chi connectivity index (χ0v) is 13.9. The van der Waals surface area contributed by atoms with Crippen LogP contribution in [0, 0.1) is 0 Å². The SMILES string of the molecule is CCCCCCOCC(C)O.CCCCOCC(C)O. The first-order valence-corrected chi connectivity index (χ1v) is 8.06. The summed E-state index contributed by atoms with van der Waals surface area (Å²) in [5, 5.41) is 17.6. The van der Waals surface area contributed by atoms with E-state index in [4.69, 9.17) is 19.7 Å². The molecule has 0 aromatic rings. The highest BCUT2D eigenvalue weighted by atomic mass is 16.5. The molecule has 0 aromatic heterocycles. The van der Waals surface area contributed by atoms with Crippen molar-refractivity contribution in [1.82, 2.24) is 0 Å². The molecular weight excluding hydrogens is 256 g/mol. The maximum Gasteiger partial charge on any atom is 0.0745 e. The number of hydrogen-bond donors (Lipinski definition) is 2. The van der Waals surface area contributed by atoms with Crippen LogP contribution in [0.15, 0.2) is 0 Å². The van der Waals surface area contributed by atoms with E-state index >= 15 is 0 Å². The van der Waals surface area contributed by atoms with Gasteiger partial charge in [0.15, 0.2) is 0 Å². The second kappa shape index (κ2) is 18.8. The zero-order chi connectivity index (χ0) is 15.6. The van der Waals surface area contributed by atoms with E-state index in [9.17, 15) is 0 Å². The molecule has 0 heterocycles. The zero-order valence-electron chi connectivity index (χ0n) is 13.9. The van der Waals surface area contributed by atoms with E-state index in [1.54, 1.807) is 13.8 Å². The summed E-state index contributed by atoms with van der Waals surface area (Å²) in [7, 11) is 0. The van der Waals surface area contributed by atoms with E-state index in [2.05, 4.69) is 13.8 Å². The Morgan fingerprint density at radius 3 is 1.55 bits per heavy atom. The summed E-state index contributed by atoms with van der Waals surface area (Å²) in [5.41, 5.74) is 0. The second-order valence-electron chi connectivity index (χ2n) is 5.26. The lowest BCUT2D eigenvalue weighted by Gasteiger charge is -2.05. The van der Waals surface area contributed by atoms with E-state index in [0.717, 1.165) is 32.5 Å². The molecule has 20 heavy (non-hydrogen) atoms. The summed E-state index contributed by atoms with van der Waals surface area (Å²) in [5.74, 6) is 0. The summed E-state index contributed by atoms with van der Waals surface area (Å²) >= 11 is 0. The van der Waals surface area contributed by atoms with Crippen LogP contribution in [0.2, 0.25) is 0 Å². The fourth-order valence-electron chi connectivity index (χ4n) is 1.39. The Balaban J connectivity index is 0. The van der Waals surface area contributed by atoms with Crippen molar-refractivity contribution in [1.29, 1.82) is 0 Å². The number of ether oxygens (including phenoxy) is 2. The molecular formula is C16H36O4. The monoisotopic (exact) mass is 292 g/mol. The molecule has 0 fully saturated rings. The summed E-state index contributed by atoms with van der Waals surface area (Å²) in [6.07, 6.45) is 6.53. The average molecular weight is 292 g/mol. The van der Waals surface area contributed by atoms with Crippen molar-refractivity contribution in [3.05, 3.63) is 0 Å². The maximum absolute atomic E-state index is 8.83. The van der Waals surface area contributed by atoms with Crippen molar-refractivity contribution in [3.8, 4) is 0 Å². The molecule has 0 saturated carbocycles. The number of aliphatic hydroxyl groups excluding tert-OH is 2. The van der Waals surface area contributed by atoms with Crippen LogP contribution in [-0.2, 0) is 9.47 Å². The van der Waals surface area contributed by atoms with Crippen molar-refractivity contribution in [3.63, 3.8) is 0 Å². The molecule has 4 heteroatoms. The molecule has 0 saturated heterocycles. The highest BCUT2D eigenvalue weighted by molar-refractivity contribution is 4.43. The molecule has 0 rings (SSSR count). The van der Waals surface area contributed by atoms with Crippen molar-refractivity contribution in [2.75, 3.05) is 26.4 Å². The normalized spacial score (nSPS) is 13.5. The van der Waals surface area contributed by atoms with Crippen molar-refractivity contribution < 1.29 is 19.7 Å². The Labute approximate surface area is 125 Å². The van der Waals surface area contributed by atoms with Crippen LogP contribution in [0.25, 0.3) is 0 Å². The highest BCUT2D eigenvalue weighted by Gasteiger charge is 1.94. The van der Waals surface area contributed by atoms with Crippen LogP contribution in [-0.4, -0.2) is 48.8 Å². The van der Waals surface area contributed by atoms with Crippen LogP contribution in [0.4, 0.5) is 0 Å². The molecule has 2 atom stereocenters. The van der Waals surface area contributed by atoms with E-state index < -0.39 is 0 Å². The standard InChI is InChI=1S/C9H20O2.C7H16O2/c1-3-4-5-6-7-11-8-9(2)10;1-3-4-5-9-6-7(2)8/h9-10H,3-8H2,1-2H3;7-8H,3-6H2,1-2H3. The molecule has 0 radical (unpaired) electrons. The van der Waals surface area contributed by atoms with Crippen molar-refractivity contribution in [2.45, 2.75) is 78.4 Å². The largest absolute Gasteiger partial charge is 0.391 e. The van der Waals surface area contributed by atoms with Gasteiger partial charge in [0.05, 0.1) is 25.4 Å². The fourth-order valence-corrected chi connectivity index (χ4v) is 1.39. The van der Waals surface area contributed by atoms with Crippen LogP contribution in [0.3, 0.4) is 0 Å². The Morgan fingerprint density at radius 1 is 0.700 bits per heavy atom. The molecule has 0 aliphatic rings. The lowest BCUT2D eigenvalue weighted by molar-refractivity contribution is 0.0445.